The van der Waals surface area contributed by atoms with Gasteiger partial charge in [0.15, 0.2) is 0 Å². The van der Waals surface area contributed by atoms with E-state index in [-0.39, 0.29) is 6.61 Å². The molecule has 1 atom stereocenters. The van der Waals surface area contributed by atoms with Crippen LogP contribution in [0.3, 0.4) is 0 Å². The first-order valence-corrected chi connectivity index (χ1v) is 7.76. The fraction of sp³-hybridized carbons (Fsp3) is 0.412. The SMILES string of the molecule is Cc1cccc(Nc2cc(N3CCCC(CO)C3)ncn2)c1. The number of anilines is 3. The van der Waals surface area contributed by atoms with Crippen molar-refractivity contribution in [2.45, 2.75) is 19.8 Å². The van der Waals surface area contributed by atoms with E-state index in [2.05, 4.69) is 39.2 Å². The van der Waals surface area contributed by atoms with E-state index >= 15 is 0 Å². The van der Waals surface area contributed by atoms with Crippen LogP contribution in [0.2, 0.25) is 0 Å². The highest BCUT2D eigenvalue weighted by Gasteiger charge is 2.20. The molecular weight excluding hydrogens is 276 g/mol. The molecule has 1 saturated heterocycles. The van der Waals surface area contributed by atoms with Crippen molar-refractivity contribution in [2.24, 2.45) is 5.92 Å². The highest BCUT2D eigenvalue weighted by atomic mass is 16.3. The van der Waals surface area contributed by atoms with E-state index in [1.165, 1.54) is 5.56 Å². The van der Waals surface area contributed by atoms with Crippen LogP contribution in [0.15, 0.2) is 36.7 Å². The molecule has 0 saturated carbocycles. The van der Waals surface area contributed by atoms with Crippen LogP contribution >= 0.6 is 0 Å². The standard InChI is InChI=1S/C17H22N4O/c1-13-4-2-6-15(8-13)20-16-9-17(19-12-18-16)21-7-3-5-14(10-21)11-22/h2,4,6,8-9,12,14,22H,3,5,7,10-11H2,1H3,(H,18,19,20). The molecule has 5 heteroatoms. The molecule has 3 rings (SSSR count). The minimum absolute atomic E-state index is 0.246. The summed E-state index contributed by atoms with van der Waals surface area (Å²) in [5, 5.41) is 12.7. The predicted octanol–water partition coefficient (Wildman–Crippen LogP) is 2.74. The van der Waals surface area contributed by atoms with Gasteiger partial charge in [-0.3, -0.25) is 0 Å². The number of aryl methyl sites for hydroxylation is 1. The molecule has 1 aromatic carbocycles. The van der Waals surface area contributed by atoms with E-state index in [0.717, 1.165) is 43.3 Å². The lowest BCUT2D eigenvalue weighted by Gasteiger charge is -2.32. The Morgan fingerprint density at radius 1 is 1.32 bits per heavy atom. The number of nitrogens with one attached hydrogen (secondary N) is 1. The van der Waals surface area contributed by atoms with Gasteiger partial charge >= 0.3 is 0 Å². The Morgan fingerprint density at radius 2 is 2.23 bits per heavy atom. The summed E-state index contributed by atoms with van der Waals surface area (Å²) in [5.41, 5.74) is 2.23. The maximum Gasteiger partial charge on any atom is 0.135 e. The summed E-state index contributed by atoms with van der Waals surface area (Å²) in [5.74, 6) is 2.06. The van der Waals surface area contributed by atoms with Crippen molar-refractivity contribution in [3.63, 3.8) is 0 Å². The van der Waals surface area contributed by atoms with Crippen LogP contribution in [0.4, 0.5) is 17.3 Å². The zero-order valence-corrected chi connectivity index (χ0v) is 12.9. The Bertz CT molecular complexity index is 632. The molecule has 0 aliphatic carbocycles. The minimum Gasteiger partial charge on any atom is -0.396 e. The van der Waals surface area contributed by atoms with E-state index in [9.17, 15) is 5.11 Å². The van der Waals surface area contributed by atoms with Gasteiger partial charge in [0.1, 0.15) is 18.0 Å². The lowest BCUT2D eigenvalue weighted by Crippen LogP contribution is -2.37. The molecular formula is C17H22N4O. The number of aromatic nitrogens is 2. The van der Waals surface area contributed by atoms with Crippen molar-refractivity contribution in [3.8, 4) is 0 Å². The lowest BCUT2D eigenvalue weighted by atomic mass is 9.99. The Kier molecular flexibility index (Phi) is 4.53. The van der Waals surface area contributed by atoms with Crippen molar-refractivity contribution >= 4 is 17.3 Å². The Labute approximate surface area is 131 Å². The van der Waals surface area contributed by atoms with E-state index in [4.69, 9.17) is 0 Å². The van der Waals surface area contributed by atoms with Crippen LogP contribution in [-0.4, -0.2) is 34.8 Å². The first kappa shape index (κ1) is 14.8. The third-order valence-electron chi connectivity index (χ3n) is 4.04. The van der Waals surface area contributed by atoms with Crippen LogP contribution in [0.1, 0.15) is 18.4 Å². The number of rotatable bonds is 4. The molecule has 1 aliphatic heterocycles. The van der Waals surface area contributed by atoms with Crippen LogP contribution in [-0.2, 0) is 0 Å². The van der Waals surface area contributed by atoms with E-state index in [0.29, 0.717) is 5.92 Å². The van der Waals surface area contributed by atoms with Crippen LogP contribution in [0, 0.1) is 12.8 Å². The topological polar surface area (TPSA) is 61.3 Å². The van der Waals surface area contributed by atoms with E-state index < -0.39 is 0 Å². The monoisotopic (exact) mass is 298 g/mol. The van der Waals surface area contributed by atoms with Crippen LogP contribution in [0.5, 0.6) is 0 Å². The number of piperidine rings is 1. The van der Waals surface area contributed by atoms with Gasteiger partial charge in [0.05, 0.1) is 0 Å². The van der Waals surface area contributed by atoms with Gasteiger partial charge in [-0.05, 0) is 43.4 Å². The summed E-state index contributed by atoms with van der Waals surface area (Å²) in [7, 11) is 0. The third-order valence-corrected chi connectivity index (χ3v) is 4.04. The summed E-state index contributed by atoms with van der Waals surface area (Å²) in [6, 6.07) is 10.2. The molecule has 22 heavy (non-hydrogen) atoms. The molecule has 0 radical (unpaired) electrons. The van der Waals surface area contributed by atoms with Crippen molar-refractivity contribution < 1.29 is 5.11 Å². The second-order valence-corrected chi connectivity index (χ2v) is 5.89. The number of aliphatic hydroxyl groups excluding tert-OH is 1. The summed E-state index contributed by atoms with van der Waals surface area (Å²) in [4.78, 5) is 10.9. The predicted molar refractivity (Wildman–Crippen MR) is 88.5 cm³/mol. The number of hydrogen-bond donors (Lipinski definition) is 2. The van der Waals surface area contributed by atoms with Gasteiger partial charge in [0.25, 0.3) is 0 Å². The first-order chi connectivity index (χ1) is 10.7. The molecule has 2 aromatic rings. The van der Waals surface area contributed by atoms with E-state index in [1.807, 2.05) is 18.2 Å². The first-order valence-electron chi connectivity index (χ1n) is 7.76. The fourth-order valence-corrected chi connectivity index (χ4v) is 2.88. The van der Waals surface area contributed by atoms with Gasteiger partial charge in [0.2, 0.25) is 0 Å². The second-order valence-electron chi connectivity index (χ2n) is 5.89. The van der Waals surface area contributed by atoms with Crippen molar-refractivity contribution in [1.29, 1.82) is 0 Å². The smallest absolute Gasteiger partial charge is 0.135 e. The van der Waals surface area contributed by atoms with Gasteiger partial charge in [0, 0.05) is 31.5 Å². The third kappa shape index (κ3) is 3.54. The van der Waals surface area contributed by atoms with Crippen molar-refractivity contribution in [2.75, 3.05) is 29.9 Å². The zero-order valence-electron chi connectivity index (χ0n) is 12.9. The number of nitrogens with zero attached hydrogens (tertiary/aromatic N) is 3. The van der Waals surface area contributed by atoms with Gasteiger partial charge in [-0.1, -0.05) is 12.1 Å². The maximum atomic E-state index is 9.36. The molecule has 1 fully saturated rings. The summed E-state index contributed by atoms with van der Waals surface area (Å²) in [6.45, 7) is 4.16. The zero-order chi connectivity index (χ0) is 15.4. The van der Waals surface area contributed by atoms with E-state index in [1.54, 1.807) is 6.33 Å². The molecule has 1 unspecified atom stereocenters. The van der Waals surface area contributed by atoms with Crippen LogP contribution < -0.4 is 10.2 Å². The molecule has 116 valence electrons. The molecule has 0 amide bonds. The average Bonchev–Trinajstić information content (AvgIpc) is 2.55. The summed E-state index contributed by atoms with van der Waals surface area (Å²) in [6.07, 6.45) is 3.78. The Morgan fingerprint density at radius 3 is 3.05 bits per heavy atom. The summed E-state index contributed by atoms with van der Waals surface area (Å²) >= 11 is 0. The second kappa shape index (κ2) is 6.75. The largest absolute Gasteiger partial charge is 0.396 e. The maximum absolute atomic E-state index is 9.36. The van der Waals surface area contributed by atoms with Crippen LogP contribution in [0.25, 0.3) is 0 Å². The molecule has 0 bridgehead atoms. The number of aliphatic hydroxyl groups is 1. The minimum atomic E-state index is 0.246. The Balaban J connectivity index is 1.75. The van der Waals surface area contributed by atoms with Gasteiger partial charge in [-0.15, -0.1) is 0 Å². The molecule has 1 aliphatic rings. The molecule has 5 nitrogen and oxygen atoms in total. The van der Waals surface area contributed by atoms with Gasteiger partial charge < -0.3 is 15.3 Å². The molecule has 2 heterocycles. The summed E-state index contributed by atoms with van der Waals surface area (Å²) < 4.78 is 0. The number of benzene rings is 1. The molecule has 2 N–H and O–H groups in total. The molecule has 1 aromatic heterocycles. The van der Waals surface area contributed by atoms with Crippen molar-refractivity contribution in [3.05, 3.63) is 42.2 Å². The fourth-order valence-electron chi connectivity index (χ4n) is 2.88. The molecule has 0 spiro atoms. The number of hydrogen-bond acceptors (Lipinski definition) is 5. The van der Waals surface area contributed by atoms with Gasteiger partial charge in [-0.2, -0.15) is 0 Å². The highest BCUT2D eigenvalue weighted by molar-refractivity contribution is 5.59. The van der Waals surface area contributed by atoms with Gasteiger partial charge in [-0.25, -0.2) is 9.97 Å². The Hall–Kier alpha value is -2.14. The normalized spacial score (nSPS) is 18.3. The van der Waals surface area contributed by atoms with Crippen molar-refractivity contribution in [1.82, 2.24) is 9.97 Å². The highest BCUT2D eigenvalue weighted by Crippen LogP contribution is 2.23. The quantitative estimate of drug-likeness (QED) is 0.909. The average molecular weight is 298 g/mol. The lowest BCUT2D eigenvalue weighted by molar-refractivity contribution is 0.208.